The van der Waals surface area contributed by atoms with E-state index in [1.165, 1.54) is 0 Å². The molecule has 144 valence electrons. The molecule has 0 fully saturated rings. The van der Waals surface area contributed by atoms with E-state index in [0.717, 1.165) is 27.0 Å². The molecule has 0 bridgehead atoms. The molecule has 2 aromatic heterocycles. The van der Waals surface area contributed by atoms with Crippen LogP contribution < -0.4 is 20.4 Å². The SMILES string of the molecule is Cc1nc(N2N=C(c3cccc(OCC(=O)O)c3)NN2c2ccsc2)sc1C. The summed E-state index contributed by atoms with van der Waals surface area (Å²) in [6.07, 6.45) is 0. The molecular formula is C18H17N5O3S2. The largest absolute Gasteiger partial charge is 0.482 e. The van der Waals surface area contributed by atoms with Gasteiger partial charge in [-0.05, 0) is 37.4 Å². The van der Waals surface area contributed by atoms with Crippen molar-refractivity contribution in [2.75, 3.05) is 16.8 Å². The number of nitrogens with zero attached hydrogens (tertiary/aromatic N) is 4. The van der Waals surface area contributed by atoms with Gasteiger partial charge in [0.15, 0.2) is 12.4 Å². The van der Waals surface area contributed by atoms with Gasteiger partial charge in [-0.1, -0.05) is 23.5 Å². The lowest BCUT2D eigenvalue weighted by Gasteiger charge is -2.24. The lowest BCUT2D eigenvalue weighted by atomic mass is 10.2. The monoisotopic (exact) mass is 415 g/mol. The fourth-order valence-electron chi connectivity index (χ4n) is 2.53. The molecule has 3 aromatic rings. The molecule has 1 aromatic carbocycles. The Hall–Kier alpha value is -3.11. The number of carboxylic acid groups (broad SMARTS) is 1. The van der Waals surface area contributed by atoms with E-state index >= 15 is 0 Å². The van der Waals surface area contributed by atoms with Crippen molar-refractivity contribution in [3.63, 3.8) is 0 Å². The molecule has 3 heterocycles. The third kappa shape index (κ3) is 3.64. The fraction of sp³-hybridized carbons (Fsp3) is 0.167. The predicted octanol–water partition coefficient (Wildman–Crippen LogP) is 3.39. The first-order valence-electron chi connectivity index (χ1n) is 8.38. The number of amidine groups is 1. The zero-order chi connectivity index (χ0) is 19.7. The van der Waals surface area contributed by atoms with Gasteiger partial charge in [0.1, 0.15) is 5.75 Å². The maximum absolute atomic E-state index is 10.7. The van der Waals surface area contributed by atoms with Crippen LogP contribution in [0.2, 0.25) is 0 Å². The van der Waals surface area contributed by atoms with Gasteiger partial charge >= 0.3 is 5.97 Å². The van der Waals surface area contributed by atoms with Gasteiger partial charge in [0, 0.05) is 15.8 Å². The second kappa shape index (κ2) is 7.49. The maximum atomic E-state index is 10.7. The number of aryl methyl sites for hydroxylation is 2. The van der Waals surface area contributed by atoms with Gasteiger partial charge in [-0.25, -0.2) is 9.78 Å². The quantitative estimate of drug-likeness (QED) is 0.638. The topological polar surface area (TPSA) is 90.3 Å². The first-order chi connectivity index (χ1) is 13.5. The summed E-state index contributed by atoms with van der Waals surface area (Å²) in [5.74, 6) is 0.0504. The van der Waals surface area contributed by atoms with Crippen LogP contribution in [0.1, 0.15) is 16.1 Å². The van der Waals surface area contributed by atoms with Crippen LogP contribution in [0.4, 0.5) is 10.8 Å². The Morgan fingerprint density at radius 1 is 1.32 bits per heavy atom. The Balaban J connectivity index is 1.67. The molecule has 0 atom stereocenters. The minimum absolute atomic E-state index is 0.395. The van der Waals surface area contributed by atoms with E-state index in [4.69, 9.17) is 14.9 Å². The van der Waals surface area contributed by atoms with E-state index < -0.39 is 12.6 Å². The second-order valence-corrected chi connectivity index (χ2v) is 7.95. The van der Waals surface area contributed by atoms with Gasteiger partial charge in [-0.3, -0.25) is 5.43 Å². The van der Waals surface area contributed by atoms with Crippen molar-refractivity contribution in [3.8, 4) is 5.75 Å². The molecular weight excluding hydrogens is 398 g/mol. The Labute approximate surface area is 169 Å². The van der Waals surface area contributed by atoms with Gasteiger partial charge < -0.3 is 9.84 Å². The number of carbonyl (C=O) groups is 1. The average molecular weight is 416 g/mol. The summed E-state index contributed by atoms with van der Waals surface area (Å²) in [5, 5.41) is 21.8. The van der Waals surface area contributed by atoms with Crippen LogP contribution in [0.25, 0.3) is 0 Å². The number of ether oxygens (including phenoxy) is 1. The van der Waals surface area contributed by atoms with Crippen molar-refractivity contribution in [2.45, 2.75) is 13.8 Å². The molecule has 0 saturated carbocycles. The molecule has 0 amide bonds. The molecule has 2 N–H and O–H groups in total. The van der Waals surface area contributed by atoms with Crippen molar-refractivity contribution in [1.29, 1.82) is 0 Å². The second-order valence-electron chi connectivity index (χ2n) is 5.99. The van der Waals surface area contributed by atoms with Crippen molar-refractivity contribution >= 4 is 45.3 Å². The van der Waals surface area contributed by atoms with E-state index in [1.54, 1.807) is 46.0 Å². The van der Waals surface area contributed by atoms with Gasteiger partial charge in [0.05, 0.1) is 11.4 Å². The van der Waals surface area contributed by atoms with Crippen LogP contribution in [0.3, 0.4) is 0 Å². The number of hydrazine groups is 2. The Bertz CT molecular complexity index is 1010. The van der Waals surface area contributed by atoms with Crippen LogP contribution in [0.5, 0.6) is 5.75 Å². The van der Waals surface area contributed by atoms with Crippen LogP contribution in [0, 0.1) is 13.8 Å². The minimum Gasteiger partial charge on any atom is -0.482 e. The molecule has 28 heavy (non-hydrogen) atoms. The van der Waals surface area contributed by atoms with Gasteiger partial charge in [0.25, 0.3) is 0 Å². The van der Waals surface area contributed by atoms with Crippen molar-refractivity contribution in [3.05, 3.63) is 57.2 Å². The van der Waals surface area contributed by atoms with E-state index in [-0.39, 0.29) is 0 Å². The van der Waals surface area contributed by atoms with Crippen molar-refractivity contribution < 1.29 is 14.6 Å². The number of aromatic nitrogens is 1. The number of hydrogen-bond donors (Lipinski definition) is 2. The number of thiazole rings is 1. The Morgan fingerprint density at radius 2 is 2.18 bits per heavy atom. The molecule has 0 saturated heterocycles. The van der Waals surface area contributed by atoms with Gasteiger partial charge in [-0.2, -0.15) is 16.5 Å². The van der Waals surface area contributed by atoms with Crippen LogP contribution in [-0.4, -0.2) is 28.5 Å². The number of aliphatic carboxylic acids is 1. The number of thiophene rings is 1. The third-order valence-electron chi connectivity index (χ3n) is 4.00. The first kappa shape index (κ1) is 18.3. The number of anilines is 2. The lowest BCUT2D eigenvalue weighted by Crippen LogP contribution is -2.44. The molecule has 0 spiro atoms. The van der Waals surface area contributed by atoms with Crippen LogP contribution >= 0.6 is 22.7 Å². The zero-order valence-electron chi connectivity index (χ0n) is 15.1. The average Bonchev–Trinajstić information content (AvgIpc) is 3.40. The number of rotatable bonds is 6. The number of hydrogen-bond acceptors (Lipinski definition) is 9. The third-order valence-corrected chi connectivity index (χ3v) is 5.71. The summed E-state index contributed by atoms with van der Waals surface area (Å²) in [6, 6.07) is 9.13. The summed E-state index contributed by atoms with van der Waals surface area (Å²) in [5.41, 5.74) is 5.97. The highest BCUT2D eigenvalue weighted by atomic mass is 32.1. The van der Waals surface area contributed by atoms with E-state index in [0.29, 0.717) is 11.6 Å². The summed E-state index contributed by atoms with van der Waals surface area (Å²) in [7, 11) is 0. The Kier molecular flexibility index (Phi) is 4.88. The number of benzene rings is 1. The molecule has 0 aliphatic carbocycles. The van der Waals surface area contributed by atoms with Crippen LogP contribution in [-0.2, 0) is 4.79 Å². The zero-order valence-corrected chi connectivity index (χ0v) is 16.8. The molecule has 0 radical (unpaired) electrons. The molecule has 8 nitrogen and oxygen atoms in total. The molecule has 4 rings (SSSR count). The summed E-state index contributed by atoms with van der Waals surface area (Å²) >= 11 is 3.15. The molecule has 0 unspecified atom stereocenters. The van der Waals surface area contributed by atoms with E-state index in [9.17, 15) is 4.79 Å². The standard InChI is InChI=1S/C18H17N5O3S2/c1-11-12(2)28-18(19-11)23-21-17(20-22(23)14-6-7-27-10-14)13-4-3-5-15(8-13)26-9-16(24)25/h3-8,10H,9H2,1-2H3,(H,20,21)(H,24,25). The summed E-state index contributed by atoms with van der Waals surface area (Å²) < 4.78 is 5.28. The van der Waals surface area contributed by atoms with Gasteiger partial charge in [-0.15, -0.1) is 10.2 Å². The number of nitrogens with one attached hydrogen (secondary N) is 1. The predicted molar refractivity (Wildman–Crippen MR) is 110 cm³/mol. The molecule has 1 aliphatic heterocycles. The highest BCUT2D eigenvalue weighted by molar-refractivity contribution is 7.15. The summed E-state index contributed by atoms with van der Waals surface area (Å²) in [6.45, 7) is 3.61. The number of carboxylic acids is 1. The Morgan fingerprint density at radius 3 is 2.86 bits per heavy atom. The molecule has 1 aliphatic rings. The smallest absolute Gasteiger partial charge is 0.341 e. The highest BCUT2D eigenvalue weighted by Gasteiger charge is 2.29. The van der Waals surface area contributed by atoms with Crippen LogP contribution in [0.15, 0.2) is 46.2 Å². The van der Waals surface area contributed by atoms with E-state index in [2.05, 4.69) is 10.4 Å². The van der Waals surface area contributed by atoms with Crippen molar-refractivity contribution in [1.82, 2.24) is 10.4 Å². The first-order valence-corrected chi connectivity index (χ1v) is 10.1. The van der Waals surface area contributed by atoms with Gasteiger partial charge in [0.2, 0.25) is 5.13 Å². The van der Waals surface area contributed by atoms with Crippen molar-refractivity contribution in [2.24, 2.45) is 5.10 Å². The minimum atomic E-state index is -1.02. The summed E-state index contributed by atoms with van der Waals surface area (Å²) in [4.78, 5) is 16.5. The maximum Gasteiger partial charge on any atom is 0.341 e. The highest BCUT2D eigenvalue weighted by Crippen LogP contribution is 2.31. The molecule has 10 heteroatoms. The number of hydrazone groups is 1. The normalized spacial score (nSPS) is 13.4. The van der Waals surface area contributed by atoms with E-state index in [1.807, 2.05) is 41.9 Å². The fourth-order valence-corrected chi connectivity index (χ4v) is 4.00. The lowest BCUT2D eigenvalue weighted by molar-refractivity contribution is -0.139.